The number of nitrogens with one attached hydrogen (secondary N) is 1. The summed E-state index contributed by atoms with van der Waals surface area (Å²) >= 11 is 0. The highest BCUT2D eigenvalue weighted by Gasteiger charge is 2.18. The molecule has 0 aliphatic carbocycles. The summed E-state index contributed by atoms with van der Waals surface area (Å²) in [5.74, 6) is 0.731. The summed E-state index contributed by atoms with van der Waals surface area (Å²) in [6.07, 6.45) is 5.95. The molecule has 0 aliphatic rings. The zero-order valence-corrected chi connectivity index (χ0v) is 11.7. The van der Waals surface area contributed by atoms with E-state index in [0.717, 1.165) is 17.3 Å². The summed E-state index contributed by atoms with van der Waals surface area (Å²) in [4.78, 5) is 8.71. The minimum absolute atomic E-state index is 0.263. The minimum atomic E-state index is 0.263. The van der Waals surface area contributed by atoms with E-state index in [9.17, 15) is 0 Å². The molecule has 0 saturated carbocycles. The molecule has 1 heterocycles. The van der Waals surface area contributed by atoms with Crippen LogP contribution < -0.4 is 5.32 Å². The van der Waals surface area contributed by atoms with Crippen LogP contribution in [0.25, 0.3) is 0 Å². The van der Waals surface area contributed by atoms with Crippen LogP contribution in [-0.4, -0.2) is 16.0 Å². The Morgan fingerprint density at radius 3 is 2.24 bits per heavy atom. The van der Waals surface area contributed by atoms with E-state index in [4.69, 9.17) is 0 Å². The second-order valence-electron chi connectivity index (χ2n) is 4.78. The van der Waals surface area contributed by atoms with Gasteiger partial charge in [0.2, 0.25) is 0 Å². The molecule has 3 nitrogen and oxygen atoms in total. The summed E-state index contributed by atoms with van der Waals surface area (Å²) in [7, 11) is 0. The van der Waals surface area contributed by atoms with Gasteiger partial charge in [0.1, 0.15) is 0 Å². The first-order chi connectivity index (χ1) is 8.10. The number of hydrogen-bond acceptors (Lipinski definition) is 3. The first-order valence-electron chi connectivity index (χ1n) is 6.63. The van der Waals surface area contributed by atoms with Gasteiger partial charge < -0.3 is 5.32 Å². The normalized spacial score (nSPS) is 14.9. The van der Waals surface area contributed by atoms with Crippen molar-refractivity contribution in [2.45, 2.75) is 59.5 Å². The monoisotopic (exact) mass is 235 g/mol. The lowest BCUT2D eigenvalue weighted by molar-refractivity contribution is 0.327. The summed E-state index contributed by atoms with van der Waals surface area (Å²) in [5, 5.41) is 3.64. The largest absolute Gasteiger partial charge is 0.306 e. The molecule has 0 saturated heterocycles. The fourth-order valence-corrected chi connectivity index (χ4v) is 2.45. The van der Waals surface area contributed by atoms with Gasteiger partial charge in [-0.3, -0.25) is 9.97 Å². The summed E-state index contributed by atoms with van der Waals surface area (Å²) in [6, 6.07) is 0.778. The fraction of sp³-hybridized carbons (Fsp3) is 0.714. The molecule has 2 unspecified atom stereocenters. The third kappa shape index (κ3) is 3.77. The molecular formula is C14H25N3. The SMILES string of the molecule is CCC(CC)C(C)NC(C)c1nccnc1C. The molecular weight excluding hydrogens is 210 g/mol. The Balaban J connectivity index is 2.66. The average molecular weight is 235 g/mol. The minimum Gasteiger partial charge on any atom is -0.306 e. The van der Waals surface area contributed by atoms with Crippen LogP contribution >= 0.6 is 0 Å². The smallest absolute Gasteiger partial charge is 0.0782 e. The summed E-state index contributed by atoms with van der Waals surface area (Å²) in [6.45, 7) is 11.0. The summed E-state index contributed by atoms with van der Waals surface area (Å²) in [5.41, 5.74) is 2.08. The Kier molecular flexibility index (Phi) is 5.56. The van der Waals surface area contributed by atoms with Crippen LogP contribution in [0.2, 0.25) is 0 Å². The van der Waals surface area contributed by atoms with Crippen molar-refractivity contribution in [3.05, 3.63) is 23.8 Å². The maximum Gasteiger partial charge on any atom is 0.0782 e. The van der Waals surface area contributed by atoms with E-state index < -0.39 is 0 Å². The van der Waals surface area contributed by atoms with E-state index in [2.05, 4.69) is 43.0 Å². The van der Waals surface area contributed by atoms with Crippen LogP contribution in [0.4, 0.5) is 0 Å². The van der Waals surface area contributed by atoms with Gasteiger partial charge in [-0.15, -0.1) is 0 Å². The molecule has 3 heteroatoms. The maximum absolute atomic E-state index is 4.42. The standard InChI is InChI=1S/C14H25N3/c1-6-13(7-2)10(3)17-12(5)14-11(4)15-8-9-16-14/h8-10,12-13,17H,6-7H2,1-5H3. The Bertz CT molecular complexity index is 334. The first-order valence-corrected chi connectivity index (χ1v) is 6.63. The maximum atomic E-state index is 4.42. The number of aryl methyl sites for hydroxylation is 1. The molecule has 1 aromatic heterocycles. The van der Waals surface area contributed by atoms with Gasteiger partial charge in [0, 0.05) is 24.5 Å². The van der Waals surface area contributed by atoms with Crippen molar-refractivity contribution in [1.29, 1.82) is 0 Å². The molecule has 0 spiro atoms. The van der Waals surface area contributed by atoms with Gasteiger partial charge in [0.05, 0.1) is 11.4 Å². The van der Waals surface area contributed by atoms with Crippen LogP contribution in [0.3, 0.4) is 0 Å². The molecule has 0 radical (unpaired) electrons. The zero-order valence-electron chi connectivity index (χ0n) is 11.7. The Morgan fingerprint density at radius 2 is 1.71 bits per heavy atom. The second-order valence-corrected chi connectivity index (χ2v) is 4.78. The van der Waals surface area contributed by atoms with Gasteiger partial charge >= 0.3 is 0 Å². The van der Waals surface area contributed by atoms with Crippen molar-refractivity contribution >= 4 is 0 Å². The van der Waals surface area contributed by atoms with Gasteiger partial charge in [0.15, 0.2) is 0 Å². The Hall–Kier alpha value is -0.960. The molecule has 96 valence electrons. The average Bonchev–Trinajstić information content (AvgIpc) is 2.31. The van der Waals surface area contributed by atoms with Crippen molar-refractivity contribution in [3.8, 4) is 0 Å². The predicted octanol–water partition coefficient (Wildman–Crippen LogP) is 3.26. The number of nitrogens with zero attached hydrogens (tertiary/aromatic N) is 2. The fourth-order valence-electron chi connectivity index (χ4n) is 2.45. The topological polar surface area (TPSA) is 37.8 Å². The quantitative estimate of drug-likeness (QED) is 0.822. The van der Waals surface area contributed by atoms with Gasteiger partial charge in [-0.1, -0.05) is 26.7 Å². The Labute approximate surface area is 105 Å². The zero-order chi connectivity index (χ0) is 12.8. The molecule has 0 fully saturated rings. The first kappa shape index (κ1) is 14.1. The molecule has 2 atom stereocenters. The summed E-state index contributed by atoms with van der Waals surface area (Å²) < 4.78 is 0. The van der Waals surface area contributed by atoms with Crippen molar-refractivity contribution in [3.63, 3.8) is 0 Å². The number of rotatable bonds is 6. The lowest BCUT2D eigenvalue weighted by atomic mass is 9.94. The molecule has 0 aromatic carbocycles. The van der Waals surface area contributed by atoms with Crippen LogP contribution in [0.1, 0.15) is 58.0 Å². The van der Waals surface area contributed by atoms with E-state index >= 15 is 0 Å². The molecule has 1 rings (SSSR count). The molecule has 0 bridgehead atoms. The van der Waals surface area contributed by atoms with E-state index in [1.807, 2.05) is 6.92 Å². The van der Waals surface area contributed by atoms with Crippen LogP contribution in [0, 0.1) is 12.8 Å². The van der Waals surface area contributed by atoms with E-state index in [1.165, 1.54) is 12.8 Å². The highest BCUT2D eigenvalue weighted by molar-refractivity contribution is 5.12. The number of hydrogen-bond donors (Lipinski definition) is 1. The lowest BCUT2D eigenvalue weighted by Crippen LogP contribution is -2.35. The van der Waals surface area contributed by atoms with Gasteiger partial charge in [-0.25, -0.2) is 0 Å². The lowest BCUT2D eigenvalue weighted by Gasteiger charge is -2.26. The van der Waals surface area contributed by atoms with Crippen molar-refractivity contribution < 1.29 is 0 Å². The molecule has 0 amide bonds. The predicted molar refractivity (Wildman–Crippen MR) is 71.9 cm³/mol. The van der Waals surface area contributed by atoms with E-state index in [1.54, 1.807) is 12.4 Å². The number of aromatic nitrogens is 2. The van der Waals surface area contributed by atoms with Gasteiger partial charge in [0.25, 0.3) is 0 Å². The third-order valence-corrected chi connectivity index (χ3v) is 3.60. The van der Waals surface area contributed by atoms with Crippen LogP contribution in [0.15, 0.2) is 12.4 Å². The van der Waals surface area contributed by atoms with Gasteiger partial charge in [-0.2, -0.15) is 0 Å². The molecule has 0 aliphatic heterocycles. The highest BCUT2D eigenvalue weighted by Crippen LogP contribution is 2.18. The van der Waals surface area contributed by atoms with E-state index in [0.29, 0.717) is 6.04 Å². The molecule has 1 aromatic rings. The van der Waals surface area contributed by atoms with E-state index in [-0.39, 0.29) is 6.04 Å². The highest BCUT2D eigenvalue weighted by atomic mass is 15.0. The van der Waals surface area contributed by atoms with Gasteiger partial charge in [-0.05, 0) is 26.7 Å². The third-order valence-electron chi connectivity index (χ3n) is 3.60. The van der Waals surface area contributed by atoms with Crippen molar-refractivity contribution in [2.24, 2.45) is 5.92 Å². The Morgan fingerprint density at radius 1 is 1.12 bits per heavy atom. The van der Waals surface area contributed by atoms with Crippen LogP contribution in [-0.2, 0) is 0 Å². The second kappa shape index (κ2) is 6.70. The van der Waals surface area contributed by atoms with Crippen molar-refractivity contribution in [2.75, 3.05) is 0 Å². The van der Waals surface area contributed by atoms with Crippen molar-refractivity contribution in [1.82, 2.24) is 15.3 Å². The molecule has 17 heavy (non-hydrogen) atoms. The molecule has 1 N–H and O–H groups in total. The van der Waals surface area contributed by atoms with Crippen LogP contribution in [0.5, 0.6) is 0 Å².